The molecule has 2 aromatic rings. The summed E-state index contributed by atoms with van der Waals surface area (Å²) in [7, 11) is 2.91. The molecule has 0 fully saturated rings. The Labute approximate surface area is 97.0 Å². The number of nitrogen functional groups attached to an aromatic ring is 1. The molecule has 0 atom stereocenters. The minimum Gasteiger partial charge on any atom is -0.465 e. The number of aryl methyl sites for hydroxylation is 2. The minimum atomic E-state index is -0.667. The second kappa shape index (κ2) is 3.73. The molecule has 2 rings (SSSR count). The first-order chi connectivity index (χ1) is 7.97. The molecule has 0 aliphatic rings. The van der Waals surface area contributed by atoms with E-state index < -0.39 is 11.8 Å². The van der Waals surface area contributed by atoms with Gasteiger partial charge in [0.05, 0.1) is 23.9 Å². The molecular weight excluding hydrogens is 225 g/mol. The third kappa shape index (κ3) is 1.52. The Hall–Kier alpha value is -2.11. The van der Waals surface area contributed by atoms with E-state index in [4.69, 9.17) is 5.73 Å². The van der Waals surface area contributed by atoms with Crippen LogP contribution in [0.5, 0.6) is 0 Å². The first kappa shape index (κ1) is 11.4. The molecule has 6 heteroatoms. The Morgan fingerprint density at radius 1 is 1.59 bits per heavy atom. The van der Waals surface area contributed by atoms with Crippen molar-refractivity contribution in [3.63, 3.8) is 0 Å². The number of carbonyl (C=O) groups is 1. The minimum absolute atomic E-state index is 0.0266. The van der Waals surface area contributed by atoms with Crippen molar-refractivity contribution in [2.24, 2.45) is 7.05 Å². The van der Waals surface area contributed by atoms with Crippen LogP contribution in [0, 0.1) is 12.7 Å². The van der Waals surface area contributed by atoms with Crippen molar-refractivity contribution in [2.75, 3.05) is 12.8 Å². The number of methoxy groups -OCH3 is 1. The highest BCUT2D eigenvalue weighted by Gasteiger charge is 2.22. The Bertz CT molecular complexity index is 619. The highest BCUT2D eigenvalue weighted by molar-refractivity contribution is 6.09. The predicted octanol–water partition coefficient (Wildman–Crippen LogP) is 1.39. The standard InChI is InChI=1S/C11H12FN3O2/c1-5-8(12)9(13)7(11(16)17-3)6-4-15(2)14-10(5)6/h4H,13H2,1-3H3. The van der Waals surface area contributed by atoms with E-state index in [1.54, 1.807) is 20.2 Å². The summed E-state index contributed by atoms with van der Waals surface area (Å²) in [5.74, 6) is -1.30. The Morgan fingerprint density at radius 2 is 2.24 bits per heavy atom. The van der Waals surface area contributed by atoms with Crippen molar-refractivity contribution in [3.05, 3.63) is 23.1 Å². The lowest BCUT2D eigenvalue weighted by atomic mass is 10.0. The third-order valence-electron chi connectivity index (χ3n) is 2.68. The number of nitrogens with zero attached hydrogens (tertiary/aromatic N) is 2. The molecule has 0 saturated carbocycles. The van der Waals surface area contributed by atoms with E-state index in [0.29, 0.717) is 16.5 Å². The van der Waals surface area contributed by atoms with Crippen molar-refractivity contribution in [1.29, 1.82) is 0 Å². The van der Waals surface area contributed by atoms with Gasteiger partial charge in [-0.1, -0.05) is 0 Å². The number of rotatable bonds is 1. The Balaban J connectivity index is 2.94. The van der Waals surface area contributed by atoms with Gasteiger partial charge in [-0.05, 0) is 6.92 Å². The number of aromatic nitrogens is 2. The number of nitrogens with two attached hydrogens (primary N) is 1. The molecule has 0 aliphatic carbocycles. The molecule has 0 aliphatic heterocycles. The molecule has 0 radical (unpaired) electrons. The topological polar surface area (TPSA) is 70.1 Å². The average molecular weight is 237 g/mol. The van der Waals surface area contributed by atoms with Gasteiger partial charge in [-0.3, -0.25) is 4.68 Å². The van der Waals surface area contributed by atoms with Crippen LogP contribution in [0.1, 0.15) is 15.9 Å². The van der Waals surface area contributed by atoms with Crippen molar-refractivity contribution < 1.29 is 13.9 Å². The summed E-state index contributed by atoms with van der Waals surface area (Å²) in [6.07, 6.45) is 1.62. The fourth-order valence-corrected chi connectivity index (χ4v) is 1.83. The fraction of sp³-hybridized carbons (Fsp3) is 0.273. The molecule has 1 aromatic heterocycles. The zero-order chi connectivity index (χ0) is 12.7. The van der Waals surface area contributed by atoms with Crippen LogP contribution in [-0.2, 0) is 11.8 Å². The van der Waals surface area contributed by atoms with Crippen LogP contribution in [0.4, 0.5) is 10.1 Å². The molecule has 0 amide bonds. The van der Waals surface area contributed by atoms with E-state index in [9.17, 15) is 9.18 Å². The van der Waals surface area contributed by atoms with Gasteiger partial charge in [0.1, 0.15) is 0 Å². The normalized spacial score (nSPS) is 10.8. The van der Waals surface area contributed by atoms with Crippen molar-refractivity contribution in [1.82, 2.24) is 9.78 Å². The molecule has 0 unspecified atom stereocenters. The van der Waals surface area contributed by atoms with Gasteiger partial charge in [0.2, 0.25) is 0 Å². The summed E-state index contributed by atoms with van der Waals surface area (Å²) in [5.41, 5.74) is 6.19. The van der Waals surface area contributed by atoms with Crippen molar-refractivity contribution in [2.45, 2.75) is 6.92 Å². The summed E-state index contributed by atoms with van der Waals surface area (Å²) in [5, 5.41) is 4.60. The summed E-state index contributed by atoms with van der Waals surface area (Å²) in [6.45, 7) is 1.57. The van der Waals surface area contributed by atoms with Crippen LogP contribution in [-0.4, -0.2) is 22.9 Å². The lowest BCUT2D eigenvalue weighted by Gasteiger charge is -2.08. The van der Waals surface area contributed by atoms with E-state index in [1.165, 1.54) is 11.8 Å². The quantitative estimate of drug-likeness (QED) is 0.601. The molecule has 17 heavy (non-hydrogen) atoms. The summed E-state index contributed by atoms with van der Waals surface area (Å²) in [6, 6.07) is 0. The predicted molar refractivity (Wildman–Crippen MR) is 61.2 cm³/mol. The molecule has 90 valence electrons. The Kier molecular flexibility index (Phi) is 2.49. The van der Waals surface area contributed by atoms with Gasteiger partial charge >= 0.3 is 5.97 Å². The highest BCUT2D eigenvalue weighted by Crippen LogP contribution is 2.30. The molecule has 0 spiro atoms. The van der Waals surface area contributed by atoms with Crippen LogP contribution in [0.25, 0.3) is 10.9 Å². The molecule has 1 aromatic carbocycles. The molecule has 1 heterocycles. The highest BCUT2D eigenvalue weighted by atomic mass is 19.1. The Morgan fingerprint density at radius 3 is 2.82 bits per heavy atom. The summed E-state index contributed by atoms with van der Waals surface area (Å²) < 4.78 is 20.0. The van der Waals surface area contributed by atoms with Crippen LogP contribution >= 0.6 is 0 Å². The van der Waals surface area contributed by atoms with Gasteiger partial charge in [-0.15, -0.1) is 0 Å². The van der Waals surface area contributed by atoms with E-state index in [2.05, 4.69) is 9.84 Å². The van der Waals surface area contributed by atoms with Crippen LogP contribution < -0.4 is 5.73 Å². The number of hydrogen-bond acceptors (Lipinski definition) is 4. The van der Waals surface area contributed by atoms with Gasteiger partial charge < -0.3 is 10.5 Å². The van der Waals surface area contributed by atoms with Gasteiger partial charge in [0.15, 0.2) is 5.82 Å². The summed E-state index contributed by atoms with van der Waals surface area (Å²) >= 11 is 0. The first-order valence-electron chi connectivity index (χ1n) is 4.96. The van der Waals surface area contributed by atoms with Crippen LogP contribution in [0.15, 0.2) is 6.20 Å². The SMILES string of the molecule is COC(=O)c1c(N)c(F)c(C)c2nn(C)cc12. The number of benzene rings is 1. The number of halogens is 1. The number of carbonyl (C=O) groups excluding carboxylic acids is 1. The second-order valence-corrected chi connectivity index (χ2v) is 3.78. The zero-order valence-corrected chi connectivity index (χ0v) is 9.74. The van der Waals surface area contributed by atoms with Crippen molar-refractivity contribution >= 4 is 22.6 Å². The number of esters is 1. The van der Waals surface area contributed by atoms with Crippen molar-refractivity contribution in [3.8, 4) is 0 Å². The van der Waals surface area contributed by atoms with Crippen LogP contribution in [0.3, 0.4) is 0 Å². The first-order valence-corrected chi connectivity index (χ1v) is 4.96. The zero-order valence-electron chi connectivity index (χ0n) is 9.74. The molecule has 2 N–H and O–H groups in total. The molecule has 5 nitrogen and oxygen atoms in total. The van der Waals surface area contributed by atoms with Gasteiger partial charge in [-0.2, -0.15) is 5.10 Å². The monoisotopic (exact) mass is 237 g/mol. The lowest BCUT2D eigenvalue weighted by molar-refractivity contribution is 0.0604. The van der Waals surface area contributed by atoms with Gasteiger partial charge in [-0.25, -0.2) is 9.18 Å². The average Bonchev–Trinajstić information content (AvgIpc) is 2.68. The fourth-order valence-electron chi connectivity index (χ4n) is 1.83. The number of fused-ring (bicyclic) bond motifs is 1. The maximum absolute atomic E-state index is 13.8. The summed E-state index contributed by atoms with van der Waals surface area (Å²) in [4.78, 5) is 11.6. The molecule has 0 bridgehead atoms. The lowest BCUT2D eigenvalue weighted by Crippen LogP contribution is -2.09. The second-order valence-electron chi connectivity index (χ2n) is 3.78. The van der Waals surface area contributed by atoms with E-state index in [-0.39, 0.29) is 11.3 Å². The van der Waals surface area contributed by atoms with E-state index in [1.807, 2.05) is 0 Å². The third-order valence-corrected chi connectivity index (χ3v) is 2.68. The van der Waals surface area contributed by atoms with Gasteiger partial charge in [0, 0.05) is 24.2 Å². The smallest absolute Gasteiger partial charge is 0.340 e. The molecular formula is C11H12FN3O2. The van der Waals surface area contributed by atoms with Crippen LogP contribution in [0.2, 0.25) is 0 Å². The van der Waals surface area contributed by atoms with Gasteiger partial charge in [0.25, 0.3) is 0 Å². The molecule has 0 saturated heterocycles. The number of hydrogen-bond donors (Lipinski definition) is 1. The maximum Gasteiger partial charge on any atom is 0.340 e. The number of ether oxygens (including phenoxy) is 1. The van der Waals surface area contributed by atoms with E-state index >= 15 is 0 Å². The largest absolute Gasteiger partial charge is 0.465 e. The van der Waals surface area contributed by atoms with E-state index in [0.717, 1.165) is 0 Å². The number of anilines is 1. The maximum atomic E-state index is 13.8.